The van der Waals surface area contributed by atoms with Crippen molar-refractivity contribution >= 4 is 23.3 Å². The van der Waals surface area contributed by atoms with E-state index in [4.69, 9.17) is 5.53 Å². The molecule has 21 heavy (non-hydrogen) atoms. The van der Waals surface area contributed by atoms with E-state index in [-0.39, 0.29) is 11.3 Å². The third-order valence-electron chi connectivity index (χ3n) is 2.56. The Morgan fingerprint density at radius 2 is 1.67 bits per heavy atom. The summed E-state index contributed by atoms with van der Waals surface area (Å²) < 4.78 is 0. The molecule has 0 saturated carbocycles. The number of benzene rings is 2. The Kier molecular flexibility index (Phi) is 4.53. The molecule has 0 aliphatic carbocycles. The van der Waals surface area contributed by atoms with Gasteiger partial charge in [-0.05, 0) is 23.7 Å². The number of anilines is 1. The van der Waals surface area contributed by atoms with E-state index in [1.165, 1.54) is 12.1 Å². The van der Waals surface area contributed by atoms with Crippen molar-refractivity contribution in [3.05, 3.63) is 70.6 Å². The highest BCUT2D eigenvalue weighted by atomic mass is 16.2. The van der Waals surface area contributed by atoms with E-state index >= 15 is 0 Å². The van der Waals surface area contributed by atoms with E-state index in [2.05, 4.69) is 20.7 Å². The second-order valence-electron chi connectivity index (χ2n) is 3.98. The summed E-state index contributed by atoms with van der Waals surface area (Å²) in [5.41, 5.74) is 9.29. The molecule has 0 aliphatic rings. The summed E-state index contributed by atoms with van der Waals surface area (Å²) in [5, 5.41) is 8.10. The Balaban J connectivity index is 2.08. The van der Waals surface area contributed by atoms with Gasteiger partial charge in [-0.15, -0.1) is 0 Å². The molecular formula is C14H11N5O2. The van der Waals surface area contributed by atoms with Crippen LogP contribution in [-0.4, -0.2) is 11.9 Å². The number of hydrogen-bond donors (Lipinski definition) is 2. The van der Waals surface area contributed by atoms with Crippen LogP contribution in [0.2, 0.25) is 0 Å². The molecular weight excluding hydrogens is 270 g/mol. The molecule has 7 nitrogen and oxygen atoms in total. The van der Waals surface area contributed by atoms with E-state index in [1.807, 2.05) is 6.07 Å². The van der Waals surface area contributed by atoms with Gasteiger partial charge in [-0.25, -0.2) is 4.79 Å². The van der Waals surface area contributed by atoms with Crippen molar-refractivity contribution in [3.63, 3.8) is 0 Å². The molecule has 2 rings (SSSR count). The highest BCUT2D eigenvalue weighted by Gasteiger charge is 2.13. The normalized spacial score (nSPS) is 9.33. The number of carbonyl (C=O) groups is 2. The van der Waals surface area contributed by atoms with Crippen LogP contribution in [-0.2, 0) is 0 Å². The van der Waals surface area contributed by atoms with Crippen molar-refractivity contribution in [2.24, 2.45) is 5.11 Å². The monoisotopic (exact) mass is 281 g/mol. The quantitative estimate of drug-likeness (QED) is 0.509. The first-order valence-corrected chi connectivity index (χ1v) is 6.02. The van der Waals surface area contributed by atoms with Crippen LogP contribution in [0.5, 0.6) is 0 Å². The van der Waals surface area contributed by atoms with Gasteiger partial charge >= 0.3 is 6.03 Å². The van der Waals surface area contributed by atoms with E-state index in [9.17, 15) is 9.59 Å². The number of hydrogen-bond acceptors (Lipinski definition) is 3. The highest BCUT2D eigenvalue weighted by molar-refractivity contribution is 6.10. The molecule has 2 N–H and O–H groups in total. The topological polar surface area (TPSA) is 107 Å². The van der Waals surface area contributed by atoms with Gasteiger partial charge in [0, 0.05) is 16.2 Å². The first-order valence-electron chi connectivity index (χ1n) is 6.02. The maximum absolute atomic E-state index is 12.0. The molecule has 0 spiro atoms. The van der Waals surface area contributed by atoms with Crippen LogP contribution in [0.25, 0.3) is 10.4 Å². The van der Waals surface area contributed by atoms with Crippen LogP contribution in [0.3, 0.4) is 0 Å². The molecule has 2 aromatic rings. The van der Waals surface area contributed by atoms with Crippen molar-refractivity contribution in [3.8, 4) is 0 Å². The van der Waals surface area contributed by atoms with E-state index in [1.54, 1.807) is 36.4 Å². The predicted molar refractivity (Wildman–Crippen MR) is 78.2 cm³/mol. The van der Waals surface area contributed by atoms with Gasteiger partial charge in [0.05, 0.1) is 5.69 Å². The predicted octanol–water partition coefficient (Wildman–Crippen LogP) is 3.59. The van der Waals surface area contributed by atoms with Gasteiger partial charge in [0.15, 0.2) is 0 Å². The lowest BCUT2D eigenvalue weighted by molar-refractivity contribution is 0.0968. The smallest absolute Gasteiger partial charge is 0.308 e. The van der Waals surface area contributed by atoms with Crippen molar-refractivity contribution < 1.29 is 9.59 Å². The number of nitrogens with one attached hydrogen (secondary N) is 2. The van der Waals surface area contributed by atoms with E-state index in [0.29, 0.717) is 5.69 Å². The number of azide groups is 1. The number of amides is 3. The maximum Gasteiger partial charge on any atom is 0.326 e. The summed E-state index contributed by atoms with van der Waals surface area (Å²) in [7, 11) is 0. The number of nitrogens with zero attached hydrogens (tertiary/aromatic N) is 3. The van der Waals surface area contributed by atoms with Crippen LogP contribution in [0.1, 0.15) is 10.4 Å². The Hall–Kier alpha value is -3.31. The SMILES string of the molecule is [N-]=[N+]=Nc1ccccc1C(=O)NC(=O)Nc1ccccc1. The third kappa shape index (κ3) is 3.82. The maximum atomic E-state index is 12.0. The summed E-state index contributed by atoms with van der Waals surface area (Å²) in [5.74, 6) is -0.647. The average molecular weight is 281 g/mol. The van der Waals surface area contributed by atoms with Gasteiger partial charge in [0.25, 0.3) is 5.91 Å². The zero-order valence-corrected chi connectivity index (χ0v) is 10.9. The van der Waals surface area contributed by atoms with Gasteiger partial charge in [-0.1, -0.05) is 41.5 Å². The lowest BCUT2D eigenvalue weighted by atomic mass is 10.2. The molecule has 0 saturated heterocycles. The fraction of sp³-hybridized carbons (Fsp3) is 0. The van der Waals surface area contributed by atoms with Crippen molar-refractivity contribution in [1.29, 1.82) is 0 Å². The largest absolute Gasteiger partial charge is 0.326 e. The van der Waals surface area contributed by atoms with Crippen molar-refractivity contribution in [2.75, 3.05) is 5.32 Å². The molecule has 0 radical (unpaired) electrons. The minimum absolute atomic E-state index is 0.124. The summed E-state index contributed by atoms with van der Waals surface area (Å²) in [4.78, 5) is 26.3. The lowest BCUT2D eigenvalue weighted by Crippen LogP contribution is -2.34. The minimum atomic E-state index is -0.665. The molecule has 0 aliphatic heterocycles. The van der Waals surface area contributed by atoms with Crippen LogP contribution in [0.15, 0.2) is 59.7 Å². The molecule has 0 aromatic heterocycles. The number of para-hydroxylation sites is 1. The second-order valence-corrected chi connectivity index (χ2v) is 3.98. The van der Waals surface area contributed by atoms with Gasteiger partial charge < -0.3 is 5.32 Å². The summed E-state index contributed by atoms with van der Waals surface area (Å²) in [6.45, 7) is 0. The second kappa shape index (κ2) is 6.74. The Morgan fingerprint density at radius 1 is 1.00 bits per heavy atom. The molecule has 7 heteroatoms. The lowest BCUT2D eigenvalue weighted by Gasteiger charge is -2.07. The Bertz CT molecular complexity index is 708. The zero-order chi connectivity index (χ0) is 15.1. The van der Waals surface area contributed by atoms with Crippen molar-refractivity contribution in [1.82, 2.24) is 5.32 Å². The van der Waals surface area contributed by atoms with E-state index < -0.39 is 11.9 Å². The van der Waals surface area contributed by atoms with Crippen molar-refractivity contribution in [2.45, 2.75) is 0 Å². The zero-order valence-electron chi connectivity index (χ0n) is 10.9. The van der Waals surface area contributed by atoms with Gasteiger partial charge in [-0.2, -0.15) is 0 Å². The van der Waals surface area contributed by atoms with Crippen LogP contribution < -0.4 is 10.6 Å². The molecule has 2 aromatic carbocycles. The standard InChI is InChI=1S/C14H11N5O2/c15-19-18-12-9-5-4-8-11(12)13(20)17-14(21)16-10-6-2-1-3-7-10/h1-9H,(H2,16,17,20,21). The minimum Gasteiger partial charge on any atom is -0.308 e. The van der Waals surface area contributed by atoms with Gasteiger partial charge in [0.2, 0.25) is 0 Å². The molecule has 0 heterocycles. The van der Waals surface area contributed by atoms with Crippen LogP contribution in [0, 0.1) is 0 Å². The van der Waals surface area contributed by atoms with Crippen LogP contribution in [0.4, 0.5) is 16.2 Å². The van der Waals surface area contributed by atoms with E-state index in [0.717, 1.165) is 0 Å². The Labute approximate surface area is 120 Å². The average Bonchev–Trinajstić information content (AvgIpc) is 2.49. The summed E-state index contributed by atoms with van der Waals surface area (Å²) in [6.07, 6.45) is 0. The van der Waals surface area contributed by atoms with Gasteiger partial charge in [-0.3, -0.25) is 10.1 Å². The number of rotatable bonds is 3. The molecule has 3 amide bonds. The number of carbonyl (C=O) groups excluding carboxylic acids is 2. The highest BCUT2D eigenvalue weighted by Crippen LogP contribution is 2.18. The fourth-order valence-electron chi connectivity index (χ4n) is 1.66. The molecule has 0 fully saturated rings. The van der Waals surface area contributed by atoms with Crippen LogP contribution >= 0.6 is 0 Å². The first-order chi connectivity index (χ1) is 10.2. The molecule has 0 bridgehead atoms. The molecule has 0 atom stereocenters. The fourth-order valence-corrected chi connectivity index (χ4v) is 1.66. The molecule has 104 valence electrons. The third-order valence-corrected chi connectivity index (χ3v) is 2.56. The number of urea groups is 1. The number of imide groups is 1. The first kappa shape index (κ1) is 14.1. The molecule has 0 unspecified atom stereocenters. The summed E-state index contributed by atoms with van der Waals surface area (Å²) >= 11 is 0. The summed E-state index contributed by atoms with van der Waals surface area (Å²) in [6, 6.07) is 14.2. The Morgan fingerprint density at radius 3 is 2.38 bits per heavy atom. The van der Waals surface area contributed by atoms with Gasteiger partial charge in [0.1, 0.15) is 0 Å².